The van der Waals surface area contributed by atoms with Gasteiger partial charge in [-0.1, -0.05) is 28.1 Å². The first-order chi connectivity index (χ1) is 12.7. The molecule has 4 nitrogen and oxygen atoms in total. The van der Waals surface area contributed by atoms with Gasteiger partial charge in [-0.3, -0.25) is 9.88 Å². The van der Waals surface area contributed by atoms with Crippen molar-refractivity contribution in [1.82, 2.24) is 9.88 Å². The van der Waals surface area contributed by atoms with Crippen molar-refractivity contribution in [2.75, 3.05) is 20.8 Å². The average molecular weight is 413 g/mol. The Kier molecular flexibility index (Phi) is 4.83. The monoisotopic (exact) mass is 412 g/mol. The van der Waals surface area contributed by atoms with E-state index >= 15 is 0 Å². The van der Waals surface area contributed by atoms with E-state index in [0.29, 0.717) is 0 Å². The Hall–Kier alpha value is -2.11. The molecule has 0 N–H and O–H groups in total. The predicted molar refractivity (Wildman–Crippen MR) is 107 cm³/mol. The maximum absolute atomic E-state index is 5.47. The minimum Gasteiger partial charge on any atom is -0.493 e. The molecule has 1 aliphatic rings. The zero-order valence-corrected chi connectivity index (χ0v) is 16.5. The number of hydrogen-bond acceptors (Lipinski definition) is 4. The Morgan fingerprint density at radius 2 is 1.85 bits per heavy atom. The second kappa shape index (κ2) is 7.25. The second-order valence-corrected chi connectivity index (χ2v) is 7.40. The summed E-state index contributed by atoms with van der Waals surface area (Å²) in [6.45, 7) is 2.81. The summed E-state index contributed by atoms with van der Waals surface area (Å²) in [6.07, 6.45) is 2.87. The summed E-state index contributed by atoms with van der Waals surface area (Å²) in [7, 11) is 3.37. The Bertz CT molecular complexity index is 958. The zero-order chi connectivity index (χ0) is 18.1. The first-order valence-corrected chi connectivity index (χ1v) is 9.47. The summed E-state index contributed by atoms with van der Waals surface area (Å²) >= 11 is 3.63. The van der Waals surface area contributed by atoms with Crippen LogP contribution in [0.2, 0.25) is 0 Å². The summed E-state index contributed by atoms with van der Waals surface area (Å²) in [5, 5.41) is 1.16. The van der Waals surface area contributed by atoms with Gasteiger partial charge in [0.2, 0.25) is 0 Å². The van der Waals surface area contributed by atoms with Gasteiger partial charge in [-0.05, 0) is 47.4 Å². The van der Waals surface area contributed by atoms with Crippen LogP contribution in [-0.2, 0) is 19.5 Å². The molecule has 0 atom stereocenters. The van der Waals surface area contributed by atoms with Crippen LogP contribution in [0.3, 0.4) is 0 Å². The molecule has 2 aromatic carbocycles. The topological polar surface area (TPSA) is 34.6 Å². The highest BCUT2D eigenvalue weighted by molar-refractivity contribution is 9.10. The van der Waals surface area contributed by atoms with Gasteiger partial charge < -0.3 is 9.47 Å². The van der Waals surface area contributed by atoms with E-state index in [1.165, 1.54) is 16.7 Å². The summed E-state index contributed by atoms with van der Waals surface area (Å²) in [5.41, 5.74) is 4.98. The van der Waals surface area contributed by atoms with Crippen LogP contribution < -0.4 is 9.47 Å². The van der Waals surface area contributed by atoms with Crippen LogP contribution >= 0.6 is 15.9 Å². The fraction of sp³-hybridized carbons (Fsp3) is 0.286. The standard InChI is InChI=1S/C21H21BrN2O2/c1-25-19-10-14-7-9-24(13-16(14)11-20(19)26-2)12-15-5-6-18(22)17-4-3-8-23-21(15)17/h3-6,8,10-11H,7,9,12-13H2,1-2H3. The number of rotatable bonds is 4. The molecule has 0 saturated heterocycles. The van der Waals surface area contributed by atoms with E-state index in [9.17, 15) is 0 Å². The highest BCUT2D eigenvalue weighted by Crippen LogP contribution is 2.34. The number of fused-ring (bicyclic) bond motifs is 2. The Morgan fingerprint density at radius 1 is 1.08 bits per heavy atom. The van der Waals surface area contributed by atoms with Crippen molar-refractivity contribution >= 4 is 26.8 Å². The van der Waals surface area contributed by atoms with E-state index in [1.807, 2.05) is 12.3 Å². The normalized spacial score (nSPS) is 14.3. The van der Waals surface area contributed by atoms with Gasteiger partial charge in [0.1, 0.15) is 0 Å². The van der Waals surface area contributed by atoms with Crippen LogP contribution in [0.25, 0.3) is 10.9 Å². The lowest BCUT2D eigenvalue weighted by molar-refractivity contribution is 0.245. The van der Waals surface area contributed by atoms with Gasteiger partial charge in [-0.15, -0.1) is 0 Å². The molecule has 0 aliphatic carbocycles. The highest BCUT2D eigenvalue weighted by atomic mass is 79.9. The molecular formula is C21H21BrN2O2. The molecule has 1 aliphatic heterocycles. The maximum atomic E-state index is 5.47. The fourth-order valence-electron chi connectivity index (χ4n) is 3.64. The number of methoxy groups -OCH3 is 2. The smallest absolute Gasteiger partial charge is 0.161 e. The van der Waals surface area contributed by atoms with Crippen molar-refractivity contribution in [3.63, 3.8) is 0 Å². The molecule has 1 aromatic heterocycles. The Morgan fingerprint density at radius 3 is 2.62 bits per heavy atom. The minimum atomic E-state index is 0.795. The van der Waals surface area contributed by atoms with Crippen LogP contribution in [0, 0.1) is 0 Å². The molecule has 4 rings (SSSR count). The van der Waals surface area contributed by atoms with Crippen LogP contribution in [0.4, 0.5) is 0 Å². The third-order valence-corrected chi connectivity index (χ3v) is 5.68. The summed E-state index contributed by atoms with van der Waals surface area (Å²) in [5.74, 6) is 1.60. The summed E-state index contributed by atoms with van der Waals surface area (Å²) in [6, 6.07) is 12.6. The third kappa shape index (κ3) is 3.17. The van der Waals surface area contributed by atoms with E-state index in [0.717, 1.165) is 52.9 Å². The lowest BCUT2D eigenvalue weighted by Gasteiger charge is -2.29. The highest BCUT2D eigenvalue weighted by Gasteiger charge is 2.20. The fourth-order valence-corrected chi connectivity index (χ4v) is 4.09. The summed E-state index contributed by atoms with van der Waals surface area (Å²) < 4.78 is 12.0. The van der Waals surface area contributed by atoms with Crippen molar-refractivity contribution in [3.05, 3.63) is 63.8 Å². The van der Waals surface area contributed by atoms with E-state index in [1.54, 1.807) is 14.2 Å². The van der Waals surface area contributed by atoms with Gasteiger partial charge in [-0.2, -0.15) is 0 Å². The first-order valence-electron chi connectivity index (χ1n) is 8.68. The molecule has 0 saturated carbocycles. The molecule has 0 radical (unpaired) electrons. The zero-order valence-electron chi connectivity index (χ0n) is 15.0. The van der Waals surface area contributed by atoms with Crippen LogP contribution in [0.1, 0.15) is 16.7 Å². The van der Waals surface area contributed by atoms with Gasteiger partial charge in [0, 0.05) is 35.7 Å². The number of pyridine rings is 1. The minimum absolute atomic E-state index is 0.795. The number of ether oxygens (including phenoxy) is 2. The second-order valence-electron chi connectivity index (χ2n) is 6.54. The van der Waals surface area contributed by atoms with E-state index in [-0.39, 0.29) is 0 Å². The Labute approximate surface area is 161 Å². The molecule has 0 amide bonds. The number of hydrogen-bond donors (Lipinski definition) is 0. The average Bonchev–Trinajstić information content (AvgIpc) is 2.69. The number of halogens is 1. The van der Waals surface area contributed by atoms with Crippen molar-refractivity contribution in [1.29, 1.82) is 0 Å². The molecular weight excluding hydrogens is 392 g/mol. The van der Waals surface area contributed by atoms with Gasteiger partial charge in [-0.25, -0.2) is 0 Å². The van der Waals surface area contributed by atoms with E-state index in [4.69, 9.17) is 9.47 Å². The molecule has 5 heteroatoms. The maximum Gasteiger partial charge on any atom is 0.161 e. The van der Waals surface area contributed by atoms with E-state index in [2.05, 4.69) is 56.1 Å². The summed E-state index contributed by atoms with van der Waals surface area (Å²) in [4.78, 5) is 7.07. The van der Waals surface area contributed by atoms with Gasteiger partial charge in [0.05, 0.1) is 19.7 Å². The largest absolute Gasteiger partial charge is 0.493 e. The predicted octanol–water partition coefficient (Wildman–Crippen LogP) is 4.57. The number of nitrogens with zero attached hydrogens (tertiary/aromatic N) is 2. The van der Waals surface area contributed by atoms with Gasteiger partial charge in [0.25, 0.3) is 0 Å². The lowest BCUT2D eigenvalue weighted by atomic mass is 9.98. The molecule has 134 valence electrons. The van der Waals surface area contributed by atoms with Crippen LogP contribution in [0.5, 0.6) is 11.5 Å². The van der Waals surface area contributed by atoms with Crippen molar-refractivity contribution in [2.24, 2.45) is 0 Å². The molecule has 0 bridgehead atoms. The lowest BCUT2D eigenvalue weighted by Crippen LogP contribution is -2.30. The third-order valence-electron chi connectivity index (χ3n) is 4.99. The molecule has 26 heavy (non-hydrogen) atoms. The molecule has 0 unspecified atom stereocenters. The van der Waals surface area contributed by atoms with Crippen LogP contribution in [-0.4, -0.2) is 30.6 Å². The molecule has 2 heterocycles. The van der Waals surface area contributed by atoms with E-state index < -0.39 is 0 Å². The first kappa shape index (κ1) is 17.3. The van der Waals surface area contributed by atoms with Gasteiger partial charge >= 0.3 is 0 Å². The van der Waals surface area contributed by atoms with Crippen LogP contribution in [0.15, 0.2) is 47.1 Å². The van der Waals surface area contributed by atoms with Crippen molar-refractivity contribution in [2.45, 2.75) is 19.5 Å². The van der Waals surface area contributed by atoms with Crippen molar-refractivity contribution < 1.29 is 9.47 Å². The Balaban J connectivity index is 1.61. The quantitative estimate of drug-likeness (QED) is 0.628. The van der Waals surface area contributed by atoms with Gasteiger partial charge in [0.15, 0.2) is 11.5 Å². The molecule has 0 spiro atoms. The number of aromatic nitrogens is 1. The van der Waals surface area contributed by atoms with Crippen molar-refractivity contribution in [3.8, 4) is 11.5 Å². The SMILES string of the molecule is COc1cc2c(cc1OC)CN(Cc1ccc(Br)c3cccnc13)CC2. The molecule has 3 aromatic rings. The molecule has 0 fully saturated rings. The number of benzene rings is 2.